The van der Waals surface area contributed by atoms with Crippen LogP contribution in [0.2, 0.25) is 0 Å². The molecule has 26 heavy (non-hydrogen) atoms. The van der Waals surface area contributed by atoms with Crippen LogP contribution in [0, 0.1) is 0 Å². The predicted molar refractivity (Wildman–Crippen MR) is 107 cm³/mol. The molecule has 3 aromatic rings. The molecule has 0 atom stereocenters. The van der Waals surface area contributed by atoms with E-state index in [9.17, 15) is 8.42 Å². The van der Waals surface area contributed by atoms with Crippen molar-refractivity contribution in [3.63, 3.8) is 0 Å². The Morgan fingerprint density at radius 1 is 0.885 bits per heavy atom. The highest BCUT2D eigenvalue weighted by Gasteiger charge is 2.25. The highest BCUT2D eigenvalue weighted by Crippen LogP contribution is 2.27. The Labute approximate surface area is 162 Å². The van der Waals surface area contributed by atoms with Crippen molar-refractivity contribution in [1.82, 2.24) is 0 Å². The molecule has 0 unspecified atom stereocenters. The molecule has 0 aliphatic rings. The second kappa shape index (κ2) is 7.93. The minimum atomic E-state index is -3.69. The summed E-state index contributed by atoms with van der Waals surface area (Å²) in [6, 6.07) is 23.1. The van der Waals surface area contributed by atoms with Gasteiger partial charge in [-0.05, 0) is 54.1 Å². The molecular formula is C20H18BrNO3S. The summed E-state index contributed by atoms with van der Waals surface area (Å²) in [5.74, 6) is 0.731. The lowest BCUT2D eigenvalue weighted by atomic mass is 10.2. The SMILES string of the molecule is COc1ccc(CN(c2ccc(Br)cc2)S(=O)(=O)c2ccccc2)cc1. The van der Waals surface area contributed by atoms with Crippen LogP contribution in [0.15, 0.2) is 88.2 Å². The first-order chi connectivity index (χ1) is 12.5. The van der Waals surface area contributed by atoms with Gasteiger partial charge in [-0.15, -0.1) is 0 Å². The largest absolute Gasteiger partial charge is 0.497 e. The number of methoxy groups -OCH3 is 1. The van der Waals surface area contributed by atoms with E-state index in [1.54, 1.807) is 49.6 Å². The fraction of sp³-hybridized carbons (Fsp3) is 0.100. The zero-order valence-electron chi connectivity index (χ0n) is 14.2. The normalized spacial score (nSPS) is 11.2. The van der Waals surface area contributed by atoms with Crippen molar-refractivity contribution in [2.45, 2.75) is 11.4 Å². The van der Waals surface area contributed by atoms with E-state index in [1.807, 2.05) is 36.4 Å². The maximum Gasteiger partial charge on any atom is 0.264 e. The van der Waals surface area contributed by atoms with Crippen molar-refractivity contribution in [2.75, 3.05) is 11.4 Å². The zero-order chi connectivity index (χ0) is 18.6. The van der Waals surface area contributed by atoms with Crippen LogP contribution in [0.25, 0.3) is 0 Å². The number of ether oxygens (including phenoxy) is 1. The van der Waals surface area contributed by atoms with Crippen molar-refractivity contribution in [2.24, 2.45) is 0 Å². The Kier molecular flexibility index (Phi) is 5.64. The lowest BCUT2D eigenvalue weighted by Gasteiger charge is -2.25. The molecule has 0 aliphatic carbocycles. The number of hydrogen-bond acceptors (Lipinski definition) is 3. The number of hydrogen-bond donors (Lipinski definition) is 0. The molecule has 4 nitrogen and oxygen atoms in total. The average molecular weight is 432 g/mol. The van der Waals surface area contributed by atoms with E-state index in [4.69, 9.17) is 4.74 Å². The molecule has 0 saturated carbocycles. The molecule has 0 fully saturated rings. The molecule has 134 valence electrons. The minimum Gasteiger partial charge on any atom is -0.497 e. The molecule has 0 spiro atoms. The van der Waals surface area contributed by atoms with Gasteiger partial charge in [0, 0.05) is 4.47 Å². The standard InChI is InChI=1S/C20H18BrNO3S/c1-25-19-13-7-16(8-14-19)15-22(18-11-9-17(21)10-12-18)26(23,24)20-5-3-2-4-6-20/h2-14H,15H2,1H3. The van der Waals surface area contributed by atoms with E-state index in [0.717, 1.165) is 15.8 Å². The number of sulfonamides is 1. The second-order valence-electron chi connectivity index (χ2n) is 5.65. The molecule has 0 bridgehead atoms. The summed E-state index contributed by atoms with van der Waals surface area (Å²) in [5.41, 5.74) is 1.47. The third-order valence-electron chi connectivity index (χ3n) is 3.93. The van der Waals surface area contributed by atoms with E-state index in [2.05, 4.69) is 15.9 Å². The van der Waals surface area contributed by atoms with Crippen molar-refractivity contribution >= 4 is 31.6 Å². The fourth-order valence-corrected chi connectivity index (χ4v) is 4.28. The molecule has 0 aromatic heterocycles. The van der Waals surface area contributed by atoms with Crippen LogP contribution in [0.5, 0.6) is 5.75 Å². The van der Waals surface area contributed by atoms with Crippen LogP contribution in [0.3, 0.4) is 0 Å². The molecule has 0 heterocycles. The van der Waals surface area contributed by atoms with Gasteiger partial charge in [0.1, 0.15) is 5.75 Å². The van der Waals surface area contributed by atoms with E-state index < -0.39 is 10.0 Å². The quantitative estimate of drug-likeness (QED) is 0.559. The van der Waals surface area contributed by atoms with Gasteiger partial charge in [0.25, 0.3) is 10.0 Å². The van der Waals surface area contributed by atoms with E-state index in [1.165, 1.54) is 4.31 Å². The average Bonchev–Trinajstić information content (AvgIpc) is 2.68. The van der Waals surface area contributed by atoms with E-state index in [0.29, 0.717) is 5.69 Å². The van der Waals surface area contributed by atoms with Gasteiger partial charge < -0.3 is 4.74 Å². The van der Waals surface area contributed by atoms with Crippen molar-refractivity contribution in [1.29, 1.82) is 0 Å². The number of anilines is 1. The van der Waals surface area contributed by atoms with Gasteiger partial charge in [-0.1, -0.05) is 46.3 Å². The maximum atomic E-state index is 13.2. The first-order valence-electron chi connectivity index (χ1n) is 7.97. The molecule has 0 radical (unpaired) electrons. The Morgan fingerprint density at radius 2 is 1.50 bits per heavy atom. The lowest BCUT2D eigenvalue weighted by molar-refractivity contribution is 0.414. The summed E-state index contributed by atoms with van der Waals surface area (Å²) >= 11 is 3.39. The van der Waals surface area contributed by atoms with Crippen LogP contribution in [-0.4, -0.2) is 15.5 Å². The molecule has 0 aliphatic heterocycles. The lowest BCUT2D eigenvalue weighted by Crippen LogP contribution is -2.30. The number of nitrogens with zero attached hydrogens (tertiary/aromatic N) is 1. The molecule has 0 N–H and O–H groups in total. The van der Waals surface area contributed by atoms with Gasteiger partial charge in [0.05, 0.1) is 24.2 Å². The van der Waals surface area contributed by atoms with Crippen LogP contribution in [0.1, 0.15) is 5.56 Å². The number of halogens is 1. The van der Waals surface area contributed by atoms with Crippen LogP contribution in [0.4, 0.5) is 5.69 Å². The summed E-state index contributed by atoms with van der Waals surface area (Å²) in [7, 11) is -2.09. The Bertz CT molecular complexity index is 956. The second-order valence-corrected chi connectivity index (χ2v) is 8.43. The van der Waals surface area contributed by atoms with E-state index in [-0.39, 0.29) is 11.4 Å². The fourth-order valence-electron chi connectivity index (χ4n) is 2.54. The number of rotatable bonds is 6. The maximum absolute atomic E-state index is 13.2. The van der Waals surface area contributed by atoms with Gasteiger partial charge in [-0.3, -0.25) is 4.31 Å². The summed E-state index contributed by atoms with van der Waals surface area (Å²) in [4.78, 5) is 0.261. The third-order valence-corrected chi connectivity index (χ3v) is 6.25. The molecule has 3 rings (SSSR count). The zero-order valence-corrected chi connectivity index (χ0v) is 16.6. The molecule has 3 aromatic carbocycles. The van der Waals surface area contributed by atoms with Crippen LogP contribution < -0.4 is 9.04 Å². The molecular weight excluding hydrogens is 414 g/mol. The monoisotopic (exact) mass is 431 g/mol. The summed E-state index contributed by atoms with van der Waals surface area (Å²) in [6.45, 7) is 0.225. The highest BCUT2D eigenvalue weighted by molar-refractivity contribution is 9.10. The van der Waals surface area contributed by atoms with Gasteiger partial charge in [-0.2, -0.15) is 0 Å². The van der Waals surface area contributed by atoms with Gasteiger partial charge >= 0.3 is 0 Å². The van der Waals surface area contributed by atoms with E-state index >= 15 is 0 Å². The smallest absolute Gasteiger partial charge is 0.264 e. The molecule has 0 amide bonds. The van der Waals surface area contributed by atoms with Gasteiger partial charge in [-0.25, -0.2) is 8.42 Å². The van der Waals surface area contributed by atoms with Crippen LogP contribution in [-0.2, 0) is 16.6 Å². The summed E-state index contributed by atoms with van der Waals surface area (Å²) in [6.07, 6.45) is 0. The summed E-state index contributed by atoms with van der Waals surface area (Å²) < 4.78 is 33.9. The Hall–Kier alpha value is -2.31. The minimum absolute atomic E-state index is 0.225. The topological polar surface area (TPSA) is 46.6 Å². The van der Waals surface area contributed by atoms with Crippen LogP contribution >= 0.6 is 15.9 Å². The van der Waals surface area contributed by atoms with Crippen molar-refractivity contribution < 1.29 is 13.2 Å². The molecule has 0 saturated heterocycles. The number of benzene rings is 3. The van der Waals surface area contributed by atoms with Gasteiger partial charge in [0.2, 0.25) is 0 Å². The summed E-state index contributed by atoms with van der Waals surface area (Å²) in [5, 5.41) is 0. The van der Waals surface area contributed by atoms with Crippen molar-refractivity contribution in [3.8, 4) is 5.75 Å². The molecule has 6 heteroatoms. The first kappa shape index (κ1) is 18.5. The first-order valence-corrected chi connectivity index (χ1v) is 10.2. The van der Waals surface area contributed by atoms with Crippen molar-refractivity contribution in [3.05, 3.63) is 88.9 Å². The van der Waals surface area contributed by atoms with Gasteiger partial charge in [0.15, 0.2) is 0 Å². The third kappa shape index (κ3) is 4.08. The Balaban J connectivity index is 2.02. The highest BCUT2D eigenvalue weighted by atomic mass is 79.9. The predicted octanol–water partition coefficient (Wildman–Crippen LogP) is 4.85. The Morgan fingerprint density at radius 3 is 2.08 bits per heavy atom.